The summed E-state index contributed by atoms with van der Waals surface area (Å²) in [4.78, 5) is 7.94. The van der Waals surface area contributed by atoms with Crippen LogP contribution in [0.15, 0.2) is 54.7 Å². The summed E-state index contributed by atoms with van der Waals surface area (Å²) < 4.78 is 40.2. The first-order valence-electron chi connectivity index (χ1n) is 8.50. The normalized spacial score (nSPS) is 11.3. The van der Waals surface area contributed by atoms with E-state index in [9.17, 15) is 13.2 Å². The van der Waals surface area contributed by atoms with E-state index >= 15 is 0 Å². The summed E-state index contributed by atoms with van der Waals surface area (Å²) in [5, 5.41) is 5.80. The summed E-state index contributed by atoms with van der Waals surface area (Å²) >= 11 is 0. The standard InChI is InChI=1S/C20H19F3N4/c1-3-14-9-5-7-11-17(14)25-18-15(20(21,22)23)12-24-19(27-18)26-16-10-6-4-8-13(16)2/h4-12H,3H2,1-2H3,(H2,24,25,26,27). The zero-order valence-electron chi connectivity index (χ0n) is 14.9. The van der Waals surface area contributed by atoms with E-state index in [1.165, 1.54) is 0 Å². The van der Waals surface area contributed by atoms with Gasteiger partial charge in [-0.1, -0.05) is 43.3 Å². The van der Waals surface area contributed by atoms with Crippen molar-refractivity contribution in [1.82, 2.24) is 9.97 Å². The highest BCUT2D eigenvalue weighted by atomic mass is 19.4. The van der Waals surface area contributed by atoms with Crippen molar-refractivity contribution in [2.75, 3.05) is 10.6 Å². The molecule has 0 spiro atoms. The molecule has 3 aromatic rings. The van der Waals surface area contributed by atoms with Gasteiger partial charge in [-0.05, 0) is 36.6 Å². The summed E-state index contributed by atoms with van der Waals surface area (Å²) in [6.45, 7) is 3.83. The Labute approximate surface area is 155 Å². The van der Waals surface area contributed by atoms with E-state index in [0.717, 1.165) is 23.0 Å². The Morgan fingerprint density at radius 1 is 0.926 bits per heavy atom. The molecule has 0 saturated heterocycles. The summed E-state index contributed by atoms with van der Waals surface area (Å²) in [5.41, 5.74) is 2.25. The lowest BCUT2D eigenvalue weighted by Gasteiger charge is -2.16. The van der Waals surface area contributed by atoms with Crippen LogP contribution in [-0.2, 0) is 12.6 Å². The third-order valence-corrected chi connectivity index (χ3v) is 4.14. The van der Waals surface area contributed by atoms with Gasteiger partial charge >= 0.3 is 6.18 Å². The van der Waals surface area contributed by atoms with Crippen molar-refractivity contribution in [2.24, 2.45) is 0 Å². The molecule has 0 aliphatic carbocycles. The number of hydrogen-bond acceptors (Lipinski definition) is 4. The smallest absolute Gasteiger partial charge is 0.339 e. The molecule has 140 valence electrons. The minimum absolute atomic E-state index is 0.0915. The Morgan fingerprint density at radius 3 is 2.26 bits per heavy atom. The number of alkyl halides is 3. The second kappa shape index (κ2) is 7.65. The molecule has 0 unspecified atom stereocenters. The molecule has 0 aliphatic rings. The molecule has 3 rings (SSSR count). The zero-order valence-corrected chi connectivity index (χ0v) is 14.9. The number of rotatable bonds is 5. The van der Waals surface area contributed by atoms with Crippen LogP contribution in [-0.4, -0.2) is 9.97 Å². The van der Waals surface area contributed by atoms with E-state index in [-0.39, 0.29) is 11.8 Å². The van der Waals surface area contributed by atoms with E-state index < -0.39 is 11.7 Å². The molecule has 0 saturated carbocycles. The highest BCUT2D eigenvalue weighted by molar-refractivity contribution is 5.66. The molecule has 0 aliphatic heterocycles. The number of aromatic nitrogens is 2. The molecule has 1 aromatic heterocycles. The van der Waals surface area contributed by atoms with Gasteiger partial charge in [0, 0.05) is 17.6 Å². The van der Waals surface area contributed by atoms with E-state index in [1.807, 2.05) is 50.2 Å². The largest absolute Gasteiger partial charge is 0.421 e. The lowest BCUT2D eigenvalue weighted by molar-refractivity contribution is -0.137. The first-order chi connectivity index (χ1) is 12.9. The number of hydrogen-bond donors (Lipinski definition) is 2. The second-order valence-corrected chi connectivity index (χ2v) is 6.03. The molecule has 7 heteroatoms. The highest BCUT2D eigenvalue weighted by Gasteiger charge is 2.35. The third-order valence-electron chi connectivity index (χ3n) is 4.14. The lowest BCUT2D eigenvalue weighted by Crippen LogP contribution is -2.13. The minimum atomic E-state index is -4.56. The molecule has 2 N–H and O–H groups in total. The predicted molar refractivity (Wildman–Crippen MR) is 101 cm³/mol. The third kappa shape index (κ3) is 4.36. The van der Waals surface area contributed by atoms with E-state index in [4.69, 9.17) is 0 Å². The number of nitrogens with zero attached hydrogens (tertiary/aromatic N) is 2. The fourth-order valence-corrected chi connectivity index (χ4v) is 2.66. The van der Waals surface area contributed by atoms with Gasteiger partial charge in [-0.3, -0.25) is 0 Å². The quantitative estimate of drug-likeness (QED) is 0.589. The van der Waals surface area contributed by atoms with Crippen molar-refractivity contribution in [3.8, 4) is 0 Å². The van der Waals surface area contributed by atoms with Crippen LogP contribution in [0.2, 0.25) is 0 Å². The first kappa shape index (κ1) is 18.7. The van der Waals surface area contributed by atoms with Gasteiger partial charge in [-0.25, -0.2) is 4.98 Å². The van der Waals surface area contributed by atoms with Crippen LogP contribution in [0, 0.1) is 6.92 Å². The Balaban J connectivity index is 2.00. The van der Waals surface area contributed by atoms with Crippen LogP contribution in [0.4, 0.5) is 36.3 Å². The van der Waals surface area contributed by atoms with Crippen molar-refractivity contribution in [3.63, 3.8) is 0 Å². The summed E-state index contributed by atoms with van der Waals surface area (Å²) in [6, 6.07) is 14.6. The highest BCUT2D eigenvalue weighted by Crippen LogP contribution is 2.36. The molecule has 4 nitrogen and oxygen atoms in total. The molecule has 0 radical (unpaired) electrons. The summed E-state index contributed by atoms with van der Waals surface area (Å²) in [5.74, 6) is -0.191. The zero-order chi connectivity index (χ0) is 19.4. The first-order valence-corrected chi connectivity index (χ1v) is 8.50. The minimum Gasteiger partial charge on any atom is -0.339 e. The van der Waals surface area contributed by atoms with Gasteiger partial charge in [0.25, 0.3) is 0 Å². The van der Waals surface area contributed by atoms with Gasteiger partial charge in [0.05, 0.1) is 0 Å². The lowest BCUT2D eigenvalue weighted by atomic mass is 10.1. The van der Waals surface area contributed by atoms with Crippen LogP contribution < -0.4 is 10.6 Å². The molecule has 27 heavy (non-hydrogen) atoms. The number of para-hydroxylation sites is 2. The van der Waals surface area contributed by atoms with Crippen LogP contribution in [0.1, 0.15) is 23.6 Å². The van der Waals surface area contributed by atoms with Gasteiger partial charge < -0.3 is 10.6 Å². The number of nitrogens with one attached hydrogen (secondary N) is 2. The van der Waals surface area contributed by atoms with Gasteiger partial charge in [0.15, 0.2) is 0 Å². The SMILES string of the molecule is CCc1ccccc1Nc1nc(Nc2ccccc2C)ncc1C(F)(F)F. The summed E-state index contributed by atoms with van der Waals surface area (Å²) in [6.07, 6.45) is -3.08. The van der Waals surface area contributed by atoms with Crippen LogP contribution >= 0.6 is 0 Å². The van der Waals surface area contributed by atoms with E-state index in [1.54, 1.807) is 12.1 Å². The predicted octanol–water partition coefficient (Wildman–Crippen LogP) is 5.85. The van der Waals surface area contributed by atoms with Crippen LogP contribution in [0.25, 0.3) is 0 Å². The maximum atomic E-state index is 13.4. The number of anilines is 4. The summed E-state index contributed by atoms with van der Waals surface area (Å²) in [7, 11) is 0. The van der Waals surface area contributed by atoms with E-state index in [0.29, 0.717) is 12.1 Å². The molecule has 0 atom stereocenters. The maximum absolute atomic E-state index is 13.4. The van der Waals surface area contributed by atoms with Crippen LogP contribution in [0.5, 0.6) is 0 Å². The molecule has 2 aromatic carbocycles. The fourth-order valence-electron chi connectivity index (χ4n) is 2.66. The maximum Gasteiger partial charge on any atom is 0.421 e. The average molecular weight is 372 g/mol. The Kier molecular flexibility index (Phi) is 5.30. The Bertz CT molecular complexity index is 939. The van der Waals surface area contributed by atoms with Gasteiger partial charge in [0.1, 0.15) is 11.4 Å². The van der Waals surface area contributed by atoms with Gasteiger partial charge in [0.2, 0.25) is 5.95 Å². The topological polar surface area (TPSA) is 49.8 Å². The van der Waals surface area contributed by atoms with Crippen molar-refractivity contribution < 1.29 is 13.2 Å². The molecule has 0 bridgehead atoms. The Morgan fingerprint density at radius 2 is 1.59 bits per heavy atom. The van der Waals surface area contributed by atoms with Crippen molar-refractivity contribution >= 4 is 23.1 Å². The molecule has 1 heterocycles. The van der Waals surface area contributed by atoms with Gasteiger partial charge in [-0.15, -0.1) is 0 Å². The second-order valence-electron chi connectivity index (χ2n) is 6.03. The van der Waals surface area contributed by atoms with E-state index in [2.05, 4.69) is 20.6 Å². The number of halogens is 3. The van der Waals surface area contributed by atoms with Gasteiger partial charge in [-0.2, -0.15) is 18.2 Å². The molecular weight excluding hydrogens is 353 g/mol. The van der Waals surface area contributed by atoms with Crippen molar-refractivity contribution in [2.45, 2.75) is 26.4 Å². The molecular formula is C20H19F3N4. The monoisotopic (exact) mass is 372 g/mol. The fraction of sp³-hybridized carbons (Fsp3) is 0.200. The number of aryl methyl sites for hydroxylation is 2. The average Bonchev–Trinajstić information content (AvgIpc) is 2.63. The van der Waals surface area contributed by atoms with Crippen molar-refractivity contribution in [3.05, 3.63) is 71.4 Å². The number of benzene rings is 2. The molecule has 0 amide bonds. The molecule has 0 fully saturated rings. The Hall–Kier alpha value is -3.09. The van der Waals surface area contributed by atoms with Crippen LogP contribution in [0.3, 0.4) is 0 Å². The van der Waals surface area contributed by atoms with Crippen molar-refractivity contribution in [1.29, 1.82) is 0 Å².